The molecule has 0 spiro atoms. The normalized spacial score (nSPS) is 13.0. The predicted molar refractivity (Wildman–Crippen MR) is 108 cm³/mol. The van der Waals surface area contributed by atoms with Crippen LogP contribution in [0.2, 0.25) is 10.0 Å². The minimum absolute atomic E-state index is 0.0234. The van der Waals surface area contributed by atoms with Crippen molar-refractivity contribution in [1.82, 2.24) is 5.32 Å². The summed E-state index contributed by atoms with van der Waals surface area (Å²) in [5, 5.41) is 6.01. The van der Waals surface area contributed by atoms with Crippen LogP contribution in [0.15, 0.2) is 36.4 Å². The SMILES string of the molecule is COc1ccc(OC)c([C@H](C)[NH2+]CC(=O)N[C@H](C)c2ccc(Cl)cc2Cl)c1. The van der Waals surface area contributed by atoms with Crippen LogP contribution in [0.4, 0.5) is 0 Å². The molecular weight excluding hydrogens is 387 g/mol. The van der Waals surface area contributed by atoms with Crippen LogP contribution in [-0.2, 0) is 4.79 Å². The molecule has 7 heteroatoms. The van der Waals surface area contributed by atoms with Crippen molar-refractivity contribution in [2.24, 2.45) is 0 Å². The van der Waals surface area contributed by atoms with Gasteiger partial charge >= 0.3 is 0 Å². The summed E-state index contributed by atoms with van der Waals surface area (Å²) in [6.07, 6.45) is 0. The fourth-order valence-corrected chi connectivity index (χ4v) is 3.41. The zero-order chi connectivity index (χ0) is 20.0. The van der Waals surface area contributed by atoms with Crippen molar-refractivity contribution < 1.29 is 19.6 Å². The number of halogens is 2. The molecule has 2 aromatic carbocycles. The van der Waals surface area contributed by atoms with Crippen molar-refractivity contribution in [3.63, 3.8) is 0 Å². The summed E-state index contributed by atoms with van der Waals surface area (Å²) in [6, 6.07) is 10.7. The first-order valence-electron chi connectivity index (χ1n) is 8.65. The lowest BCUT2D eigenvalue weighted by Gasteiger charge is -2.18. The molecule has 0 saturated heterocycles. The van der Waals surface area contributed by atoms with E-state index < -0.39 is 0 Å². The Kier molecular flexibility index (Phi) is 7.78. The van der Waals surface area contributed by atoms with Crippen LogP contribution in [0.3, 0.4) is 0 Å². The summed E-state index contributed by atoms with van der Waals surface area (Å²) in [6.45, 7) is 4.18. The van der Waals surface area contributed by atoms with Gasteiger partial charge in [0.1, 0.15) is 17.5 Å². The molecular formula is C20H25Cl2N2O3+. The summed E-state index contributed by atoms with van der Waals surface area (Å²) < 4.78 is 10.7. The van der Waals surface area contributed by atoms with Gasteiger partial charge in [0.25, 0.3) is 5.91 Å². The molecule has 0 bridgehead atoms. The van der Waals surface area contributed by atoms with Crippen LogP contribution in [0.25, 0.3) is 0 Å². The van der Waals surface area contributed by atoms with E-state index in [2.05, 4.69) is 5.32 Å². The fourth-order valence-electron chi connectivity index (χ4n) is 2.84. The molecule has 2 atom stereocenters. The van der Waals surface area contributed by atoms with Crippen molar-refractivity contribution in [2.75, 3.05) is 20.8 Å². The largest absolute Gasteiger partial charge is 0.497 e. The summed E-state index contributed by atoms with van der Waals surface area (Å²) >= 11 is 12.1. The Morgan fingerprint density at radius 3 is 2.44 bits per heavy atom. The standard InChI is InChI=1S/C20H24Cl2N2O3/c1-12(17-10-15(26-3)6-8-19(17)27-4)23-11-20(25)24-13(2)16-7-5-14(21)9-18(16)22/h5-10,12-13,23H,11H2,1-4H3,(H,24,25)/p+1/t12-,13+/m0/s1. The molecule has 27 heavy (non-hydrogen) atoms. The van der Waals surface area contributed by atoms with Crippen LogP contribution in [-0.4, -0.2) is 26.7 Å². The second-order valence-electron chi connectivity index (χ2n) is 6.29. The summed E-state index contributed by atoms with van der Waals surface area (Å²) in [5.74, 6) is 1.44. The van der Waals surface area contributed by atoms with E-state index in [-0.39, 0.29) is 24.5 Å². The van der Waals surface area contributed by atoms with Gasteiger partial charge in [-0.3, -0.25) is 4.79 Å². The number of ether oxygens (including phenoxy) is 2. The first-order valence-corrected chi connectivity index (χ1v) is 9.40. The molecule has 146 valence electrons. The summed E-state index contributed by atoms with van der Waals surface area (Å²) in [7, 11) is 3.25. The third-order valence-electron chi connectivity index (χ3n) is 4.39. The van der Waals surface area contributed by atoms with Crippen molar-refractivity contribution in [3.05, 3.63) is 57.6 Å². The van der Waals surface area contributed by atoms with E-state index >= 15 is 0 Å². The van der Waals surface area contributed by atoms with E-state index in [9.17, 15) is 4.79 Å². The topological polar surface area (TPSA) is 64.2 Å². The number of benzene rings is 2. The lowest BCUT2D eigenvalue weighted by atomic mass is 10.1. The van der Waals surface area contributed by atoms with Gasteiger partial charge in [0.15, 0.2) is 6.54 Å². The number of carbonyl (C=O) groups is 1. The smallest absolute Gasteiger partial charge is 0.275 e. The van der Waals surface area contributed by atoms with E-state index in [1.807, 2.05) is 43.4 Å². The average Bonchev–Trinajstić information content (AvgIpc) is 2.65. The van der Waals surface area contributed by atoms with E-state index in [0.29, 0.717) is 10.0 Å². The molecule has 0 unspecified atom stereocenters. The molecule has 0 radical (unpaired) electrons. The van der Waals surface area contributed by atoms with Crippen LogP contribution >= 0.6 is 23.2 Å². The van der Waals surface area contributed by atoms with Gasteiger partial charge in [-0.1, -0.05) is 29.3 Å². The number of nitrogens with two attached hydrogens (primary N) is 1. The number of hydrogen-bond acceptors (Lipinski definition) is 3. The molecule has 0 heterocycles. The van der Waals surface area contributed by atoms with Crippen LogP contribution in [0, 0.1) is 0 Å². The third kappa shape index (κ3) is 5.76. The molecule has 0 aliphatic rings. The minimum Gasteiger partial charge on any atom is -0.497 e. The summed E-state index contributed by atoms with van der Waals surface area (Å²) in [4.78, 5) is 12.4. The molecule has 0 aliphatic carbocycles. The van der Waals surface area contributed by atoms with Crippen molar-refractivity contribution in [2.45, 2.75) is 25.9 Å². The van der Waals surface area contributed by atoms with Gasteiger partial charge < -0.3 is 20.1 Å². The van der Waals surface area contributed by atoms with Gasteiger partial charge in [0.05, 0.1) is 25.8 Å². The molecule has 0 fully saturated rings. The highest BCUT2D eigenvalue weighted by Crippen LogP contribution is 2.28. The van der Waals surface area contributed by atoms with E-state index in [1.54, 1.807) is 26.4 Å². The van der Waals surface area contributed by atoms with Crippen molar-refractivity contribution in [1.29, 1.82) is 0 Å². The maximum atomic E-state index is 12.4. The second-order valence-corrected chi connectivity index (χ2v) is 7.14. The molecule has 0 saturated carbocycles. The molecule has 0 aromatic heterocycles. The molecule has 0 aliphatic heterocycles. The van der Waals surface area contributed by atoms with Gasteiger partial charge in [0, 0.05) is 10.0 Å². The predicted octanol–water partition coefficient (Wildman–Crippen LogP) is 3.51. The van der Waals surface area contributed by atoms with Gasteiger partial charge in [-0.2, -0.15) is 0 Å². The highest BCUT2D eigenvalue weighted by Gasteiger charge is 2.19. The molecule has 3 N–H and O–H groups in total. The number of amides is 1. The number of rotatable bonds is 8. The van der Waals surface area contributed by atoms with Crippen LogP contribution in [0.5, 0.6) is 11.5 Å². The van der Waals surface area contributed by atoms with Crippen LogP contribution in [0.1, 0.15) is 37.1 Å². The highest BCUT2D eigenvalue weighted by molar-refractivity contribution is 6.35. The van der Waals surface area contributed by atoms with Crippen molar-refractivity contribution >= 4 is 29.1 Å². The lowest BCUT2D eigenvalue weighted by Crippen LogP contribution is -2.87. The Hall–Kier alpha value is -1.95. The Bertz CT molecular complexity index is 799. The van der Waals surface area contributed by atoms with Gasteiger partial charge in [0.2, 0.25) is 0 Å². The van der Waals surface area contributed by atoms with Gasteiger partial charge in [-0.15, -0.1) is 0 Å². The Labute approximate surface area is 170 Å². The van der Waals surface area contributed by atoms with Gasteiger partial charge in [-0.05, 0) is 49.7 Å². The third-order valence-corrected chi connectivity index (χ3v) is 4.95. The quantitative estimate of drug-likeness (QED) is 0.698. The number of carbonyl (C=O) groups excluding carboxylic acids is 1. The highest BCUT2D eigenvalue weighted by atomic mass is 35.5. The van der Waals surface area contributed by atoms with E-state index in [4.69, 9.17) is 32.7 Å². The Balaban J connectivity index is 1.97. The fraction of sp³-hybridized carbons (Fsp3) is 0.350. The van der Waals surface area contributed by atoms with Crippen molar-refractivity contribution in [3.8, 4) is 11.5 Å². The number of nitrogens with one attached hydrogen (secondary N) is 1. The van der Waals surface area contributed by atoms with E-state index in [0.717, 1.165) is 22.6 Å². The zero-order valence-electron chi connectivity index (χ0n) is 15.9. The second kappa shape index (κ2) is 9.83. The minimum atomic E-state index is -0.211. The average molecular weight is 412 g/mol. The van der Waals surface area contributed by atoms with Gasteiger partial charge in [-0.25, -0.2) is 0 Å². The zero-order valence-corrected chi connectivity index (χ0v) is 17.4. The van der Waals surface area contributed by atoms with Crippen LogP contribution < -0.4 is 20.1 Å². The number of methoxy groups -OCH3 is 2. The van der Waals surface area contributed by atoms with E-state index in [1.165, 1.54) is 0 Å². The first kappa shape index (κ1) is 21.4. The Morgan fingerprint density at radius 2 is 1.81 bits per heavy atom. The lowest BCUT2D eigenvalue weighted by molar-refractivity contribution is -0.682. The monoisotopic (exact) mass is 411 g/mol. The maximum absolute atomic E-state index is 12.4. The number of quaternary nitrogens is 1. The number of hydrogen-bond donors (Lipinski definition) is 2. The molecule has 2 aromatic rings. The first-order chi connectivity index (χ1) is 12.8. The Morgan fingerprint density at radius 1 is 1.07 bits per heavy atom. The molecule has 1 amide bonds. The maximum Gasteiger partial charge on any atom is 0.275 e. The molecule has 5 nitrogen and oxygen atoms in total. The molecule has 2 rings (SSSR count). The summed E-state index contributed by atoms with van der Waals surface area (Å²) in [5.41, 5.74) is 1.80.